The highest BCUT2D eigenvalue weighted by Gasteiger charge is 2.19. The summed E-state index contributed by atoms with van der Waals surface area (Å²) in [6, 6.07) is 3.61. The largest absolute Gasteiger partial charge is 0.455 e. The predicted octanol–water partition coefficient (Wildman–Crippen LogP) is 2.49. The summed E-state index contributed by atoms with van der Waals surface area (Å²) in [5.41, 5.74) is 1.01. The van der Waals surface area contributed by atoms with Gasteiger partial charge in [0.15, 0.2) is 5.76 Å². The van der Waals surface area contributed by atoms with Gasteiger partial charge in [0.2, 0.25) is 0 Å². The molecule has 6 nitrogen and oxygen atoms in total. The van der Waals surface area contributed by atoms with E-state index in [4.69, 9.17) is 4.42 Å². The van der Waals surface area contributed by atoms with E-state index < -0.39 is 0 Å². The standard InChI is InChI=1S/C17H24N4O2/c1-3-15(13-10-18-20(2)11-13)19-17(22)16-7-6-14(23-16)12-21-8-4-5-9-21/h6-7,10-11,15H,3-5,8-9,12H2,1-2H3,(H,19,22). The number of carbonyl (C=O) groups excluding carboxylic acids is 1. The summed E-state index contributed by atoms with van der Waals surface area (Å²) >= 11 is 0. The predicted molar refractivity (Wildman–Crippen MR) is 86.9 cm³/mol. The van der Waals surface area contributed by atoms with E-state index in [1.165, 1.54) is 12.8 Å². The molecule has 1 amide bonds. The van der Waals surface area contributed by atoms with Crippen molar-refractivity contribution in [2.75, 3.05) is 13.1 Å². The minimum Gasteiger partial charge on any atom is -0.455 e. The van der Waals surface area contributed by atoms with Crippen molar-refractivity contribution < 1.29 is 9.21 Å². The fourth-order valence-electron chi connectivity index (χ4n) is 3.02. The molecule has 3 rings (SSSR count). The van der Waals surface area contributed by atoms with Crippen LogP contribution in [0.2, 0.25) is 0 Å². The number of amides is 1. The summed E-state index contributed by atoms with van der Waals surface area (Å²) in [6.45, 7) is 5.05. The first-order chi connectivity index (χ1) is 11.2. The second kappa shape index (κ2) is 7.00. The van der Waals surface area contributed by atoms with E-state index in [0.29, 0.717) is 5.76 Å². The lowest BCUT2D eigenvalue weighted by Gasteiger charge is -2.14. The summed E-state index contributed by atoms with van der Waals surface area (Å²) in [7, 11) is 1.87. The highest BCUT2D eigenvalue weighted by molar-refractivity contribution is 5.91. The number of carbonyl (C=O) groups is 1. The molecule has 1 fully saturated rings. The molecular weight excluding hydrogens is 292 g/mol. The van der Waals surface area contributed by atoms with Gasteiger partial charge in [-0.05, 0) is 44.5 Å². The minimum atomic E-state index is -0.173. The maximum Gasteiger partial charge on any atom is 0.287 e. The Kier molecular flexibility index (Phi) is 4.81. The normalized spacial score (nSPS) is 16.6. The topological polar surface area (TPSA) is 63.3 Å². The fourth-order valence-corrected chi connectivity index (χ4v) is 3.02. The lowest BCUT2D eigenvalue weighted by Crippen LogP contribution is -2.27. The first-order valence-electron chi connectivity index (χ1n) is 8.26. The van der Waals surface area contributed by atoms with Crippen molar-refractivity contribution in [2.45, 2.75) is 38.8 Å². The Labute approximate surface area is 136 Å². The molecule has 2 aromatic heterocycles. The zero-order valence-electron chi connectivity index (χ0n) is 13.8. The van der Waals surface area contributed by atoms with Gasteiger partial charge in [0.25, 0.3) is 5.91 Å². The molecule has 6 heteroatoms. The Hall–Kier alpha value is -2.08. The monoisotopic (exact) mass is 316 g/mol. The van der Waals surface area contributed by atoms with Crippen LogP contribution >= 0.6 is 0 Å². The summed E-state index contributed by atoms with van der Waals surface area (Å²) in [5, 5.41) is 7.18. The number of likely N-dealkylation sites (tertiary alicyclic amines) is 1. The van der Waals surface area contributed by atoms with Gasteiger partial charge in [-0.2, -0.15) is 5.10 Å². The fraction of sp³-hybridized carbons (Fsp3) is 0.529. The summed E-state index contributed by atoms with van der Waals surface area (Å²) in [4.78, 5) is 14.8. The van der Waals surface area contributed by atoms with Gasteiger partial charge in [0.05, 0.1) is 18.8 Å². The molecule has 0 aromatic carbocycles. The molecule has 2 aromatic rings. The van der Waals surface area contributed by atoms with Crippen LogP contribution in [-0.2, 0) is 13.6 Å². The summed E-state index contributed by atoms with van der Waals surface area (Å²) < 4.78 is 7.46. The van der Waals surface area contributed by atoms with E-state index in [0.717, 1.165) is 37.4 Å². The molecule has 1 atom stereocenters. The van der Waals surface area contributed by atoms with Gasteiger partial charge in [-0.15, -0.1) is 0 Å². The smallest absolute Gasteiger partial charge is 0.287 e. The molecule has 1 unspecified atom stereocenters. The molecule has 0 aliphatic carbocycles. The maximum atomic E-state index is 12.4. The van der Waals surface area contributed by atoms with Gasteiger partial charge in [-0.25, -0.2) is 0 Å². The Bertz CT molecular complexity index is 655. The number of rotatable bonds is 6. The zero-order valence-corrected chi connectivity index (χ0v) is 13.8. The lowest BCUT2D eigenvalue weighted by molar-refractivity contribution is 0.0904. The summed E-state index contributed by atoms with van der Waals surface area (Å²) in [5.74, 6) is 1.06. The van der Waals surface area contributed by atoms with Gasteiger partial charge in [-0.3, -0.25) is 14.4 Å². The highest BCUT2D eigenvalue weighted by Crippen LogP contribution is 2.18. The van der Waals surface area contributed by atoms with E-state index >= 15 is 0 Å². The van der Waals surface area contributed by atoms with Crippen molar-refractivity contribution in [3.8, 4) is 0 Å². The third-order valence-electron chi connectivity index (χ3n) is 4.30. The average molecular weight is 316 g/mol. The van der Waals surface area contributed by atoms with Gasteiger partial charge < -0.3 is 9.73 Å². The maximum absolute atomic E-state index is 12.4. The van der Waals surface area contributed by atoms with Crippen LogP contribution in [0, 0.1) is 0 Å². The number of nitrogens with one attached hydrogen (secondary N) is 1. The lowest BCUT2D eigenvalue weighted by atomic mass is 10.1. The molecule has 0 spiro atoms. The van der Waals surface area contributed by atoms with Crippen LogP contribution in [0.1, 0.15) is 54.1 Å². The molecule has 0 radical (unpaired) electrons. The molecule has 1 saturated heterocycles. The SMILES string of the molecule is CCC(NC(=O)c1ccc(CN2CCCC2)o1)c1cnn(C)c1. The van der Waals surface area contributed by atoms with Gasteiger partial charge >= 0.3 is 0 Å². The number of hydrogen-bond donors (Lipinski definition) is 1. The van der Waals surface area contributed by atoms with Crippen LogP contribution in [0.5, 0.6) is 0 Å². The van der Waals surface area contributed by atoms with E-state index in [9.17, 15) is 4.79 Å². The van der Waals surface area contributed by atoms with Crippen molar-refractivity contribution in [1.82, 2.24) is 20.0 Å². The zero-order chi connectivity index (χ0) is 16.2. The number of nitrogens with zero attached hydrogens (tertiary/aromatic N) is 3. The van der Waals surface area contributed by atoms with Crippen molar-refractivity contribution in [3.63, 3.8) is 0 Å². The number of furan rings is 1. The Morgan fingerprint density at radius 2 is 2.17 bits per heavy atom. The van der Waals surface area contributed by atoms with E-state index in [1.807, 2.05) is 26.2 Å². The van der Waals surface area contributed by atoms with Crippen molar-refractivity contribution in [2.24, 2.45) is 7.05 Å². The van der Waals surface area contributed by atoms with Gasteiger partial charge in [0.1, 0.15) is 5.76 Å². The van der Waals surface area contributed by atoms with Crippen LogP contribution < -0.4 is 5.32 Å². The van der Waals surface area contributed by atoms with Crippen LogP contribution in [0.4, 0.5) is 0 Å². The number of hydrogen-bond acceptors (Lipinski definition) is 4. The molecule has 1 aliphatic heterocycles. The van der Waals surface area contributed by atoms with Crippen molar-refractivity contribution in [3.05, 3.63) is 41.6 Å². The molecule has 3 heterocycles. The minimum absolute atomic E-state index is 0.0525. The van der Waals surface area contributed by atoms with Crippen LogP contribution in [-0.4, -0.2) is 33.7 Å². The van der Waals surface area contributed by atoms with Crippen molar-refractivity contribution >= 4 is 5.91 Å². The molecule has 0 bridgehead atoms. The van der Waals surface area contributed by atoms with E-state index in [2.05, 4.69) is 15.3 Å². The first-order valence-corrected chi connectivity index (χ1v) is 8.26. The van der Waals surface area contributed by atoms with Crippen molar-refractivity contribution in [1.29, 1.82) is 0 Å². The number of aryl methyl sites for hydroxylation is 1. The van der Waals surface area contributed by atoms with Crippen LogP contribution in [0.15, 0.2) is 28.9 Å². The second-order valence-corrected chi connectivity index (χ2v) is 6.13. The molecule has 23 heavy (non-hydrogen) atoms. The second-order valence-electron chi connectivity index (χ2n) is 6.13. The van der Waals surface area contributed by atoms with E-state index in [1.54, 1.807) is 16.9 Å². The molecule has 0 saturated carbocycles. The average Bonchev–Trinajstić information content (AvgIpc) is 3.27. The molecule has 124 valence electrons. The Morgan fingerprint density at radius 3 is 2.83 bits per heavy atom. The Balaban J connectivity index is 1.62. The Morgan fingerprint density at radius 1 is 1.39 bits per heavy atom. The van der Waals surface area contributed by atoms with Gasteiger partial charge in [-0.1, -0.05) is 6.92 Å². The number of aromatic nitrogens is 2. The van der Waals surface area contributed by atoms with Gasteiger partial charge in [0, 0.05) is 18.8 Å². The molecule has 1 aliphatic rings. The summed E-state index contributed by atoms with van der Waals surface area (Å²) in [6.07, 6.45) is 7.01. The highest BCUT2D eigenvalue weighted by atomic mass is 16.4. The third-order valence-corrected chi connectivity index (χ3v) is 4.30. The third kappa shape index (κ3) is 3.82. The first kappa shape index (κ1) is 15.8. The van der Waals surface area contributed by atoms with Crippen LogP contribution in [0.25, 0.3) is 0 Å². The quantitative estimate of drug-likeness (QED) is 0.889. The van der Waals surface area contributed by atoms with Crippen LogP contribution in [0.3, 0.4) is 0 Å². The van der Waals surface area contributed by atoms with E-state index in [-0.39, 0.29) is 11.9 Å². The molecular formula is C17H24N4O2. The molecule has 1 N–H and O–H groups in total.